The Balaban J connectivity index is 2.93. The Hall–Kier alpha value is -0.930. The van der Waals surface area contributed by atoms with Crippen molar-refractivity contribution < 1.29 is 13.2 Å². The van der Waals surface area contributed by atoms with E-state index in [-0.39, 0.29) is 6.42 Å². The van der Waals surface area contributed by atoms with Gasteiger partial charge in [-0.05, 0) is 25.0 Å². The Labute approximate surface area is 75.3 Å². The van der Waals surface area contributed by atoms with Crippen LogP contribution < -0.4 is 5.32 Å². The van der Waals surface area contributed by atoms with E-state index in [2.05, 4.69) is 5.32 Å². The maximum atomic E-state index is 12.4. The third-order valence-electron chi connectivity index (χ3n) is 2.27. The second-order valence-corrected chi connectivity index (χ2v) is 3.08. The maximum absolute atomic E-state index is 12.4. The Morgan fingerprint density at radius 1 is 1.46 bits per heavy atom. The van der Waals surface area contributed by atoms with Crippen LogP contribution >= 0.6 is 0 Å². The molecule has 4 heteroatoms. The number of halogens is 3. The van der Waals surface area contributed by atoms with Crippen LogP contribution in [0.25, 0.3) is 0 Å². The minimum atomic E-state index is -4.13. The van der Waals surface area contributed by atoms with Gasteiger partial charge in [0.2, 0.25) is 0 Å². The highest BCUT2D eigenvalue weighted by Gasteiger charge is 2.41. The quantitative estimate of drug-likeness (QED) is 0.671. The molecule has 0 saturated carbocycles. The number of nitrogens with one attached hydrogen (secondary N) is 1. The molecule has 0 heterocycles. The minimum absolute atomic E-state index is 0.0561. The highest BCUT2D eigenvalue weighted by atomic mass is 19.4. The molecule has 0 radical (unpaired) electrons. The van der Waals surface area contributed by atoms with Gasteiger partial charge in [-0.15, -0.1) is 0 Å². The van der Waals surface area contributed by atoms with Gasteiger partial charge in [-0.3, -0.25) is 0 Å². The number of rotatable bonds is 1. The van der Waals surface area contributed by atoms with E-state index >= 15 is 0 Å². The molecule has 1 unspecified atom stereocenters. The first-order valence-corrected chi connectivity index (χ1v) is 4.08. The van der Waals surface area contributed by atoms with Crippen LogP contribution in [0, 0.1) is 5.92 Å². The van der Waals surface area contributed by atoms with Gasteiger partial charge in [0.15, 0.2) is 0 Å². The third-order valence-corrected chi connectivity index (χ3v) is 2.27. The second-order valence-electron chi connectivity index (χ2n) is 3.08. The average Bonchev–Trinajstić information content (AvgIpc) is 2.02. The molecule has 0 aromatic carbocycles. The summed E-state index contributed by atoms with van der Waals surface area (Å²) in [4.78, 5) is 0. The van der Waals surface area contributed by atoms with Crippen molar-refractivity contribution in [2.75, 3.05) is 7.05 Å². The van der Waals surface area contributed by atoms with Gasteiger partial charge in [-0.25, -0.2) is 0 Å². The van der Waals surface area contributed by atoms with E-state index < -0.39 is 12.1 Å². The average molecular weight is 191 g/mol. The van der Waals surface area contributed by atoms with Gasteiger partial charge < -0.3 is 5.32 Å². The lowest BCUT2D eigenvalue weighted by Crippen LogP contribution is -2.27. The monoisotopic (exact) mass is 191 g/mol. The van der Waals surface area contributed by atoms with Crippen molar-refractivity contribution in [1.82, 2.24) is 5.32 Å². The van der Waals surface area contributed by atoms with Crippen molar-refractivity contribution >= 4 is 0 Å². The SMILES string of the molecule is CNC1=C(C)C(C(F)(F)F)CC=C1. The van der Waals surface area contributed by atoms with Gasteiger partial charge in [0.25, 0.3) is 0 Å². The molecular weight excluding hydrogens is 179 g/mol. The standard InChI is InChI=1S/C9H12F3N/c1-6-7(9(10,11)12)4-3-5-8(6)13-2/h3,5,7,13H,4H2,1-2H3. The van der Waals surface area contributed by atoms with Gasteiger partial charge in [0, 0.05) is 12.7 Å². The summed E-state index contributed by atoms with van der Waals surface area (Å²) in [5.74, 6) is -1.32. The van der Waals surface area contributed by atoms with Gasteiger partial charge in [-0.2, -0.15) is 13.2 Å². The van der Waals surface area contributed by atoms with E-state index in [0.717, 1.165) is 0 Å². The molecular formula is C9H12F3N. The smallest absolute Gasteiger partial charge is 0.388 e. The van der Waals surface area contributed by atoms with Crippen molar-refractivity contribution in [2.24, 2.45) is 5.92 Å². The Morgan fingerprint density at radius 3 is 2.54 bits per heavy atom. The molecule has 1 nitrogen and oxygen atoms in total. The molecule has 0 spiro atoms. The summed E-state index contributed by atoms with van der Waals surface area (Å²) in [6.45, 7) is 1.52. The molecule has 1 aliphatic rings. The molecule has 0 bridgehead atoms. The lowest BCUT2D eigenvalue weighted by molar-refractivity contribution is -0.163. The Kier molecular flexibility index (Phi) is 2.68. The lowest BCUT2D eigenvalue weighted by Gasteiger charge is -2.24. The fourth-order valence-corrected chi connectivity index (χ4v) is 1.48. The van der Waals surface area contributed by atoms with Crippen LogP contribution in [0.5, 0.6) is 0 Å². The van der Waals surface area contributed by atoms with E-state index in [1.54, 1.807) is 19.2 Å². The summed E-state index contributed by atoms with van der Waals surface area (Å²) in [7, 11) is 1.63. The minimum Gasteiger partial charge on any atom is -0.388 e. The molecule has 0 aromatic rings. The van der Waals surface area contributed by atoms with E-state index in [0.29, 0.717) is 11.3 Å². The number of likely N-dealkylation sites (N-methyl/N-ethyl adjacent to an activating group) is 1. The van der Waals surface area contributed by atoms with Crippen LogP contribution in [0.3, 0.4) is 0 Å². The van der Waals surface area contributed by atoms with E-state index in [1.165, 1.54) is 6.92 Å². The van der Waals surface area contributed by atoms with Crippen molar-refractivity contribution in [3.05, 3.63) is 23.4 Å². The van der Waals surface area contributed by atoms with Crippen LogP contribution in [0.4, 0.5) is 13.2 Å². The molecule has 0 aliphatic heterocycles. The fourth-order valence-electron chi connectivity index (χ4n) is 1.48. The predicted molar refractivity (Wildman–Crippen MR) is 45.1 cm³/mol. The van der Waals surface area contributed by atoms with Gasteiger partial charge >= 0.3 is 6.18 Å². The Morgan fingerprint density at radius 2 is 2.08 bits per heavy atom. The molecule has 74 valence electrons. The zero-order chi connectivity index (χ0) is 10.1. The van der Waals surface area contributed by atoms with E-state index in [4.69, 9.17) is 0 Å². The highest BCUT2D eigenvalue weighted by Crippen LogP contribution is 2.37. The van der Waals surface area contributed by atoms with Crippen LogP contribution in [0.15, 0.2) is 23.4 Å². The fraction of sp³-hybridized carbons (Fsp3) is 0.556. The molecule has 1 aliphatic carbocycles. The summed E-state index contributed by atoms with van der Waals surface area (Å²) in [6.07, 6.45) is -0.827. The van der Waals surface area contributed by atoms with Crippen molar-refractivity contribution in [2.45, 2.75) is 19.5 Å². The van der Waals surface area contributed by atoms with Crippen molar-refractivity contribution in [3.63, 3.8) is 0 Å². The molecule has 1 atom stereocenters. The highest BCUT2D eigenvalue weighted by molar-refractivity contribution is 5.29. The molecule has 13 heavy (non-hydrogen) atoms. The maximum Gasteiger partial charge on any atom is 0.395 e. The third kappa shape index (κ3) is 2.05. The van der Waals surface area contributed by atoms with Gasteiger partial charge in [0.1, 0.15) is 0 Å². The summed E-state index contributed by atoms with van der Waals surface area (Å²) < 4.78 is 37.2. The first kappa shape index (κ1) is 10.2. The van der Waals surface area contributed by atoms with Crippen LogP contribution in [0.1, 0.15) is 13.3 Å². The summed E-state index contributed by atoms with van der Waals surface area (Å²) in [5.41, 5.74) is 0.950. The first-order chi connectivity index (χ1) is 5.96. The molecule has 0 aromatic heterocycles. The van der Waals surface area contributed by atoms with Crippen LogP contribution in [-0.2, 0) is 0 Å². The molecule has 0 saturated heterocycles. The summed E-state index contributed by atoms with van der Waals surface area (Å²) in [5, 5.41) is 2.75. The number of hydrogen-bond donors (Lipinski definition) is 1. The largest absolute Gasteiger partial charge is 0.395 e. The molecule has 1 N–H and O–H groups in total. The molecule has 1 rings (SSSR count). The predicted octanol–water partition coefficient (Wildman–Crippen LogP) is 2.62. The molecule has 0 fully saturated rings. The number of hydrogen-bond acceptors (Lipinski definition) is 1. The second kappa shape index (κ2) is 3.44. The topological polar surface area (TPSA) is 12.0 Å². The summed E-state index contributed by atoms with van der Waals surface area (Å²) >= 11 is 0. The van der Waals surface area contributed by atoms with E-state index in [1.807, 2.05) is 0 Å². The van der Waals surface area contributed by atoms with Crippen LogP contribution in [0.2, 0.25) is 0 Å². The zero-order valence-corrected chi connectivity index (χ0v) is 7.57. The van der Waals surface area contributed by atoms with Gasteiger partial charge in [-0.1, -0.05) is 6.08 Å². The Bertz CT molecular complexity index is 250. The zero-order valence-electron chi connectivity index (χ0n) is 7.57. The van der Waals surface area contributed by atoms with Crippen molar-refractivity contribution in [3.8, 4) is 0 Å². The van der Waals surface area contributed by atoms with Gasteiger partial charge in [0.05, 0.1) is 5.92 Å². The lowest BCUT2D eigenvalue weighted by atomic mass is 9.90. The summed E-state index contributed by atoms with van der Waals surface area (Å²) in [6, 6.07) is 0. The van der Waals surface area contributed by atoms with Crippen molar-refractivity contribution in [1.29, 1.82) is 0 Å². The first-order valence-electron chi connectivity index (χ1n) is 4.08. The number of alkyl halides is 3. The number of allylic oxidation sites excluding steroid dienone is 3. The van der Waals surface area contributed by atoms with E-state index in [9.17, 15) is 13.2 Å². The normalized spacial score (nSPS) is 23.6. The van der Waals surface area contributed by atoms with Crippen LogP contribution in [-0.4, -0.2) is 13.2 Å². The molecule has 0 amide bonds.